The molecule has 0 bridgehead atoms. The predicted octanol–water partition coefficient (Wildman–Crippen LogP) is 5.07. The van der Waals surface area contributed by atoms with E-state index >= 15 is 0 Å². The van der Waals surface area contributed by atoms with Crippen LogP contribution in [-0.2, 0) is 0 Å². The summed E-state index contributed by atoms with van der Waals surface area (Å²) in [5, 5.41) is 9.58. The van der Waals surface area contributed by atoms with Crippen LogP contribution in [0.4, 0.5) is 5.13 Å². The number of fused-ring (bicyclic) bond motifs is 1. The quantitative estimate of drug-likeness (QED) is 0.533. The van der Waals surface area contributed by atoms with Crippen LogP contribution in [0.3, 0.4) is 0 Å². The molecule has 0 atom stereocenters. The lowest BCUT2D eigenvalue weighted by Gasteiger charge is -2.04. The van der Waals surface area contributed by atoms with Crippen LogP contribution in [0, 0.1) is 13.8 Å². The van der Waals surface area contributed by atoms with E-state index in [2.05, 4.69) is 15.4 Å². The molecule has 8 heteroatoms. The average molecular weight is 389 g/mol. The summed E-state index contributed by atoms with van der Waals surface area (Å²) >= 11 is 9.15. The van der Waals surface area contributed by atoms with Crippen molar-refractivity contribution < 1.29 is 4.79 Å². The first kappa shape index (κ1) is 16.3. The smallest absolute Gasteiger partial charge is 0.267 e. The van der Waals surface area contributed by atoms with E-state index in [1.165, 1.54) is 22.7 Å². The molecule has 0 aliphatic heterocycles. The molecule has 4 rings (SSSR count). The van der Waals surface area contributed by atoms with E-state index < -0.39 is 0 Å². The molecule has 1 aromatic carbocycles. The Balaban J connectivity index is 1.74. The highest BCUT2D eigenvalue weighted by atomic mass is 35.5. The number of nitrogens with zero attached hydrogens (tertiary/aromatic N) is 3. The van der Waals surface area contributed by atoms with Gasteiger partial charge in [0.05, 0.1) is 21.3 Å². The standard InChI is InChI=1S/C17H13ClN4OS2/c1-9-8-19-17(24-9)20-15(23)14-7-11-10(2)21-22(16(11)25-14)13-6-4-3-5-12(13)18/h3-8H,1-2H3,(H,19,20,23). The fourth-order valence-electron chi connectivity index (χ4n) is 2.52. The summed E-state index contributed by atoms with van der Waals surface area (Å²) in [6.45, 7) is 3.88. The maximum Gasteiger partial charge on any atom is 0.267 e. The maximum absolute atomic E-state index is 12.5. The van der Waals surface area contributed by atoms with E-state index in [0.717, 1.165) is 26.5 Å². The number of para-hydroxylation sites is 1. The summed E-state index contributed by atoms with van der Waals surface area (Å²) in [5.74, 6) is -0.166. The van der Waals surface area contributed by atoms with E-state index in [-0.39, 0.29) is 5.91 Å². The number of rotatable bonds is 3. The Morgan fingerprint density at radius 2 is 2.04 bits per heavy atom. The fraction of sp³-hybridized carbons (Fsp3) is 0.118. The van der Waals surface area contributed by atoms with Crippen LogP contribution in [0.1, 0.15) is 20.2 Å². The fourth-order valence-corrected chi connectivity index (χ4v) is 4.46. The first-order valence-electron chi connectivity index (χ1n) is 7.51. The Morgan fingerprint density at radius 3 is 2.76 bits per heavy atom. The average Bonchev–Trinajstić information content (AvgIpc) is 3.26. The van der Waals surface area contributed by atoms with Gasteiger partial charge in [0.1, 0.15) is 4.83 Å². The molecule has 3 aromatic heterocycles. The molecule has 0 fully saturated rings. The zero-order valence-electron chi connectivity index (χ0n) is 13.4. The SMILES string of the molecule is Cc1cnc(NC(=O)c2cc3c(C)nn(-c4ccccc4Cl)c3s2)s1. The highest BCUT2D eigenvalue weighted by Crippen LogP contribution is 2.32. The van der Waals surface area contributed by atoms with Crippen molar-refractivity contribution in [3.63, 3.8) is 0 Å². The van der Waals surface area contributed by atoms with Crippen LogP contribution in [0.2, 0.25) is 5.02 Å². The second kappa shape index (κ2) is 6.25. The van der Waals surface area contributed by atoms with Gasteiger partial charge in [-0.15, -0.1) is 22.7 Å². The van der Waals surface area contributed by atoms with Crippen LogP contribution in [-0.4, -0.2) is 20.7 Å². The summed E-state index contributed by atoms with van der Waals surface area (Å²) < 4.78 is 1.79. The molecule has 25 heavy (non-hydrogen) atoms. The van der Waals surface area contributed by atoms with Gasteiger partial charge in [-0.25, -0.2) is 9.67 Å². The molecular weight excluding hydrogens is 376 g/mol. The van der Waals surface area contributed by atoms with Crippen molar-refractivity contribution >= 4 is 55.5 Å². The van der Waals surface area contributed by atoms with Gasteiger partial charge >= 0.3 is 0 Å². The normalized spacial score (nSPS) is 11.2. The number of benzene rings is 1. The number of carbonyl (C=O) groups excluding carboxylic acids is 1. The first-order chi connectivity index (χ1) is 12.0. The zero-order valence-corrected chi connectivity index (χ0v) is 15.8. The molecule has 3 heterocycles. The maximum atomic E-state index is 12.5. The topological polar surface area (TPSA) is 59.8 Å². The predicted molar refractivity (Wildman–Crippen MR) is 103 cm³/mol. The molecular formula is C17H13ClN4OS2. The van der Waals surface area contributed by atoms with Gasteiger partial charge in [-0.2, -0.15) is 5.10 Å². The third-order valence-electron chi connectivity index (χ3n) is 3.69. The third kappa shape index (κ3) is 2.95. The van der Waals surface area contributed by atoms with Crippen molar-refractivity contribution in [1.82, 2.24) is 14.8 Å². The second-order valence-corrected chi connectivity index (χ2v) is 8.18. The molecule has 0 aliphatic rings. The number of hydrogen-bond donors (Lipinski definition) is 1. The van der Waals surface area contributed by atoms with Crippen LogP contribution in [0.25, 0.3) is 15.9 Å². The van der Waals surface area contributed by atoms with E-state index in [1.807, 2.05) is 44.2 Å². The van der Waals surface area contributed by atoms with Gasteiger partial charge in [0.2, 0.25) is 0 Å². The highest BCUT2D eigenvalue weighted by Gasteiger charge is 2.18. The van der Waals surface area contributed by atoms with Gasteiger partial charge in [0.25, 0.3) is 5.91 Å². The molecule has 0 saturated carbocycles. The van der Waals surface area contributed by atoms with E-state index in [0.29, 0.717) is 15.0 Å². The minimum atomic E-state index is -0.166. The van der Waals surface area contributed by atoms with Crippen LogP contribution >= 0.6 is 34.3 Å². The van der Waals surface area contributed by atoms with E-state index in [1.54, 1.807) is 10.9 Å². The Bertz CT molecular complexity index is 1100. The summed E-state index contributed by atoms with van der Waals surface area (Å²) in [5.41, 5.74) is 1.65. The minimum Gasteiger partial charge on any atom is -0.297 e. The summed E-state index contributed by atoms with van der Waals surface area (Å²) in [6.07, 6.45) is 1.74. The first-order valence-corrected chi connectivity index (χ1v) is 9.52. The number of carbonyl (C=O) groups is 1. The van der Waals surface area contributed by atoms with Crippen LogP contribution in [0.5, 0.6) is 0 Å². The summed E-state index contributed by atoms with van der Waals surface area (Å²) in [6, 6.07) is 9.39. The second-order valence-electron chi connectivity index (χ2n) is 5.51. The Labute approximate surface area is 156 Å². The molecule has 0 unspecified atom stereocenters. The molecule has 0 radical (unpaired) electrons. The summed E-state index contributed by atoms with van der Waals surface area (Å²) in [7, 11) is 0. The van der Waals surface area contributed by atoms with Gasteiger partial charge in [-0.1, -0.05) is 23.7 Å². The number of halogens is 1. The molecule has 0 aliphatic carbocycles. The Hall–Kier alpha value is -2.22. The molecule has 5 nitrogen and oxygen atoms in total. The molecule has 0 saturated heterocycles. The van der Waals surface area contributed by atoms with Crippen molar-refractivity contribution in [2.24, 2.45) is 0 Å². The van der Waals surface area contributed by atoms with Gasteiger partial charge in [0.15, 0.2) is 5.13 Å². The molecule has 0 spiro atoms. The van der Waals surface area contributed by atoms with Crippen molar-refractivity contribution in [3.05, 3.63) is 57.0 Å². The Morgan fingerprint density at radius 1 is 1.24 bits per heavy atom. The van der Waals surface area contributed by atoms with Gasteiger partial charge in [0, 0.05) is 16.5 Å². The van der Waals surface area contributed by atoms with Gasteiger partial charge < -0.3 is 0 Å². The van der Waals surface area contributed by atoms with E-state index in [9.17, 15) is 4.79 Å². The van der Waals surface area contributed by atoms with Crippen molar-refractivity contribution in [1.29, 1.82) is 0 Å². The lowest BCUT2D eigenvalue weighted by atomic mass is 10.3. The zero-order chi connectivity index (χ0) is 17.6. The number of anilines is 1. The van der Waals surface area contributed by atoms with Crippen LogP contribution in [0.15, 0.2) is 36.5 Å². The van der Waals surface area contributed by atoms with E-state index in [4.69, 9.17) is 11.6 Å². The third-order valence-corrected chi connectivity index (χ3v) is 5.95. The highest BCUT2D eigenvalue weighted by molar-refractivity contribution is 7.20. The van der Waals surface area contributed by atoms with Crippen LogP contribution < -0.4 is 5.32 Å². The van der Waals surface area contributed by atoms with Crippen molar-refractivity contribution in [3.8, 4) is 5.69 Å². The lowest BCUT2D eigenvalue weighted by Crippen LogP contribution is -2.09. The minimum absolute atomic E-state index is 0.166. The number of aromatic nitrogens is 3. The monoisotopic (exact) mass is 388 g/mol. The number of thiophene rings is 1. The number of thiazole rings is 1. The number of nitrogens with one attached hydrogen (secondary N) is 1. The number of aryl methyl sites for hydroxylation is 2. The van der Waals surface area contributed by atoms with Gasteiger partial charge in [-0.05, 0) is 32.0 Å². The van der Waals surface area contributed by atoms with Crippen molar-refractivity contribution in [2.45, 2.75) is 13.8 Å². The number of hydrogen-bond acceptors (Lipinski definition) is 5. The molecule has 1 N–H and O–H groups in total. The largest absolute Gasteiger partial charge is 0.297 e. The molecule has 126 valence electrons. The summed E-state index contributed by atoms with van der Waals surface area (Å²) in [4.78, 5) is 19.3. The Kier molecular flexibility index (Phi) is 4.07. The van der Waals surface area contributed by atoms with Gasteiger partial charge in [-0.3, -0.25) is 10.1 Å². The number of amides is 1. The molecule has 1 amide bonds. The van der Waals surface area contributed by atoms with Crippen molar-refractivity contribution in [2.75, 3.05) is 5.32 Å². The molecule has 4 aromatic rings. The lowest BCUT2D eigenvalue weighted by molar-refractivity contribution is 0.103.